The van der Waals surface area contributed by atoms with Crippen molar-refractivity contribution in [3.05, 3.63) is 3.14 Å². The highest BCUT2D eigenvalue weighted by atomic mass is 32.2. The molecule has 1 aliphatic heterocycles. The fourth-order valence-electron chi connectivity index (χ4n) is 1.52. The van der Waals surface area contributed by atoms with Gasteiger partial charge in [0.2, 0.25) is 0 Å². The van der Waals surface area contributed by atoms with Crippen LogP contribution in [0.25, 0.3) is 0 Å². The molecule has 0 unspecified atom stereocenters. The molecular weight excluding hydrogens is 268 g/mol. The van der Waals surface area contributed by atoms with Crippen LogP contribution in [-0.4, -0.2) is 10.5 Å². The van der Waals surface area contributed by atoms with Crippen LogP contribution < -0.4 is 0 Å². The zero-order chi connectivity index (χ0) is 10.1. The predicted octanol–water partition coefficient (Wildman–Crippen LogP) is 5.29. The van der Waals surface area contributed by atoms with Gasteiger partial charge in [-0.3, -0.25) is 0 Å². The summed E-state index contributed by atoms with van der Waals surface area (Å²) in [4.78, 5) is 0. The van der Waals surface area contributed by atoms with Crippen LogP contribution in [0.1, 0.15) is 26.7 Å². The first-order valence-electron chi connectivity index (χ1n) is 4.71. The van der Waals surface area contributed by atoms with E-state index in [4.69, 9.17) is 12.2 Å². The molecule has 14 heavy (non-hydrogen) atoms. The van der Waals surface area contributed by atoms with Crippen LogP contribution in [0.5, 0.6) is 0 Å². The van der Waals surface area contributed by atoms with Gasteiger partial charge in [0.1, 0.15) is 3.14 Å². The van der Waals surface area contributed by atoms with Crippen molar-refractivity contribution in [3.63, 3.8) is 0 Å². The molecule has 0 amide bonds. The van der Waals surface area contributed by atoms with Gasteiger partial charge < -0.3 is 0 Å². The van der Waals surface area contributed by atoms with E-state index in [2.05, 4.69) is 37.4 Å². The van der Waals surface area contributed by atoms with Gasteiger partial charge >= 0.3 is 0 Å². The standard InChI is InChI=1S/C9H12S5/c1-3-5-6(4-2)12-8-7(11-5)13-9(10)14-8/h5-6H,3-4H2,1-2H3/t5-,6-/m1/s1. The molecule has 1 aliphatic rings. The third-order valence-corrected chi connectivity index (χ3v) is 8.90. The first-order chi connectivity index (χ1) is 6.74. The van der Waals surface area contributed by atoms with Gasteiger partial charge in [-0.1, -0.05) is 26.1 Å². The molecule has 5 heteroatoms. The first-order valence-corrected chi connectivity index (χ1v) is 8.51. The molecular formula is C9H12S5. The van der Waals surface area contributed by atoms with Crippen molar-refractivity contribution in [3.8, 4) is 0 Å². The van der Waals surface area contributed by atoms with Crippen molar-refractivity contribution >= 4 is 58.4 Å². The zero-order valence-electron chi connectivity index (χ0n) is 8.11. The minimum Gasteiger partial charge on any atom is -0.109 e. The van der Waals surface area contributed by atoms with Gasteiger partial charge in [0.15, 0.2) is 0 Å². The van der Waals surface area contributed by atoms with E-state index in [1.165, 1.54) is 21.3 Å². The van der Waals surface area contributed by atoms with Gasteiger partial charge in [0, 0.05) is 10.5 Å². The minimum atomic E-state index is 0.790. The molecule has 0 nitrogen and oxygen atoms in total. The largest absolute Gasteiger partial charge is 0.145 e. The highest BCUT2D eigenvalue weighted by molar-refractivity contribution is 8.09. The van der Waals surface area contributed by atoms with E-state index < -0.39 is 0 Å². The van der Waals surface area contributed by atoms with Crippen LogP contribution in [-0.2, 0) is 0 Å². The Labute approximate surface area is 107 Å². The fraction of sp³-hybridized carbons (Fsp3) is 0.667. The molecule has 0 bridgehead atoms. The molecule has 0 saturated heterocycles. The van der Waals surface area contributed by atoms with E-state index in [-0.39, 0.29) is 0 Å². The van der Waals surface area contributed by atoms with Crippen LogP contribution in [0.4, 0.5) is 0 Å². The summed E-state index contributed by atoms with van der Waals surface area (Å²) in [6.45, 7) is 4.58. The number of fused-ring (bicyclic) bond motifs is 1. The second kappa shape index (κ2) is 4.87. The fourth-order valence-corrected chi connectivity index (χ4v) is 8.59. The lowest BCUT2D eigenvalue weighted by atomic mass is 10.2. The normalized spacial score (nSPS) is 26.1. The maximum absolute atomic E-state index is 5.24. The topological polar surface area (TPSA) is 0 Å². The van der Waals surface area contributed by atoms with Crippen LogP contribution in [0.15, 0.2) is 8.42 Å². The van der Waals surface area contributed by atoms with Gasteiger partial charge in [-0.2, -0.15) is 0 Å². The summed E-state index contributed by atoms with van der Waals surface area (Å²) in [5.41, 5.74) is 0. The van der Waals surface area contributed by atoms with E-state index >= 15 is 0 Å². The molecule has 0 aliphatic carbocycles. The minimum absolute atomic E-state index is 0.790. The quantitative estimate of drug-likeness (QED) is 0.675. The molecule has 1 aromatic heterocycles. The van der Waals surface area contributed by atoms with E-state index in [0.29, 0.717) is 0 Å². The van der Waals surface area contributed by atoms with E-state index in [1.807, 2.05) is 0 Å². The zero-order valence-corrected chi connectivity index (χ0v) is 12.2. The Balaban J connectivity index is 2.28. The summed E-state index contributed by atoms with van der Waals surface area (Å²) < 4.78 is 4.03. The lowest BCUT2D eigenvalue weighted by Crippen LogP contribution is -2.20. The molecule has 78 valence electrons. The van der Waals surface area contributed by atoms with E-state index in [9.17, 15) is 0 Å². The molecule has 1 aromatic rings. The molecule has 2 heterocycles. The van der Waals surface area contributed by atoms with E-state index in [0.717, 1.165) is 13.6 Å². The molecule has 2 rings (SSSR count). The maximum atomic E-state index is 5.24. The molecule has 0 radical (unpaired) electrons. The molecule has 2 atom stereocenters. The third kappa shape index (κ3) is 2.21. The third-order valence-electron chi connectivity index (χ3n) is 2.25. The predicted molar refractivity (Wildman–Crippen MR) is 72.9 cm³/mol. The molecule has 0 saturated carbocycles. The SMILES string of the molecule is CC[C@H]1Sc2sc(=S)sc2S[C@@H]1CC. The summed E-state index contributed by atoms with van der Waals surface area (Å²) in [7, 11) is 0. The first kappa shape index (κ1) is 11.5. The van der Waals surface area contributed by atoms with Gasteiger partial charge in [0.25, 0.3) is 0 Å². The number of rotatable bonds is 2. The summed E-state index contributed by atoms with van der Waals surface area (Å²) in [5, 5.41) is 1.58. The Hall–Kier alpha value is 0.970. The second-order valence-corrected chi connectivity index (χ2v) is 9.40. The van der Waals surface area contributed by atoms with Crippen LogP contribution in [0, 0.1) is 3.14 Å². The van der Waals surface area contributed by atoms with Crippen LogP contribution in [0.2, 0.25) is 0 Å². The van der Waals surface area contributed by atoms with Crippen LogP contribution >= 0.6 is 58.4 Å². The second-order valence-electron chi connectivity index (χ2n) is 3.16. The Bertz CT molecular complexity index is 331. The Morgan fingerprint density at radius 2 is 1.43 bits per heavy atom. The lowest BCUT2D eigenvalue weighted by Gasteiger charge is -2.27. The molecule has 0 spiro atoms. The lowest BCUT2D eigenvalue weighted by molar-refractivity contribution is 0.733. The summed E-state index contributed by atoms with van der Waals surface area (Å²) in [6.07, 6.45) is 2.54. The summed E-state index contributed by atoms with van der Waals surface area (Å²) in [5.74, 6) is 0. The van der Waals surface area contributed by atoms with Crippen molar-refractivity contribution in [2.75, 3.05) is 0 Å². The van der Waals surface area contributed by atoms with Crippen molar-refractivity contribution < 1.29 is 0 Å². The number of hydrogen-bond acceptors (Lipinski definition) is 5. The van der Waals surface area contributed by atoms with Crippen molar-refractivity contribution in [1.29, 1.82) is 0 Å². The number of hydrogen-bond donors (Lipinski definition) is 0. The average molecular weight is 281 g/mol. The Morgan fingerprint density at radius 1 is 1.00 bits per heavy atom. The smallest absolute Gasteiger partial charge is 0.109 e. The summed E-state index contributed by atoms with van der Waals surface area (Å²) >= 11 is 12.9. The van der Waals surface area contributed by atoms with E-state index in [1.54, 1.807) is 22.7 Å². The average Bonchev–Trinajstić information content (AvgIpc) is 2.54. The monoisotopic (exact) mass is 280 g/mol. The highest BCUT2D eigenvalue weighted by Gasteiger charge is 2.29. The van der Waals surface area contributed by atoms with Gasteiger partial charge in [-0.25, -0.2) is 0 Å². The number of thioether (sulfide) groups is 2. The van der Waals surface area contributed by atoms with Crippen LogP contribution in [0.3, 0.4) is 0 Å². The molecule has 0 fully saturated rings. The Morgan fingerprint density at radius 3 is 1.79 bits per heavy atom. The molecule has 0 N–H and O–H groups in total. The van der Waals surface area contributed by atoms with Crippen molar-refractivity contribution in [2.24, 2.45) is 0 Å². The maximum Gasteiger partial charge on any atom is 0.145 e. The summed E-state index contributed by atoms with van der Waals surface area (Å²) in [6, 6.07) is 0. The van der Waals surface area contributed by atoms with Gasteiger partial charge in [-0.05, 0) is 12.8 Å². The van der Waals surface area contributed by atoms with Gasteiger partial charge in [-0.15, -0.1) is 46.2 Å². The Kier molecular flexibility index (Phi) is 3.98. The van der Waals surface area contributed by atoms with Crippen molar-refractivity contribution in [1.82, 2.24) is 0 Å². The highest BCUT2D eigenvalue weighted by Crippen LogP contribution is 2.52. The van der Waals surface area contributed by atoms with Crippen molar-refractivity contribution in [2.45, 2.75) is 45.6 Å². The molecule has 0 aromatic carbocycles. The van der Waals surface area contributed by atoms with Gasteiger partial charge in [0.05, 0.1) is 8.42 Å².